The van der Waals surface area contributed by atoms with Crippen molar-refractivity contribution in [2.45, 2.75) is 12.1 Å². The highest BCUT2D eigenvalue weighted by molar-refractivity contribution is 7.78. The van der Waals surface area contributed by atoms with E-state index in [9.17, 15) is 0 Å². The second-order valence-electron chi connectivity index (χ2n) is 3.97. The molecule has 0 saturated heterocycles. The van der Waals surface area contributed by atoms with Crippen molar-refractivity contribution in [1.29, 1.82) is 0 Å². The van der Waals surface area contributed by atoms with Gasteiger partial charge in [0.25, 0.3) is 0 Å². The summed E-state index contributed by atoms with van der Waals surface area (Å²) in [5, 5.41) is 8.01. The molecule has 0 bridgehead atoms. The quantitative estimate of drug-likeness (QED) is 0.674. The number of nitrogens with one attached hydrogen (secondary N) is 1. The van der Waals surface area contributed by atoms with Gasteiger partial charge in [0.2, 0.25) is 0 Å². The lowest BCUT2D eigenvalue weighted by Crippen LogP contribution is -2.22. The zero-order valence-corrected chi connectivity index (χ0v) is 11.7. The summed E-state index contributed by atoms with van der Waals surface area (Å²) >= 11 is 9.29. The van der Waals surface area contributed by atoms with E-state index in [1.807, 2.05) is 48.6 Å². The molecule has 0 atom stereocenters. The molecule has 1 N–H and O–H groups in total. The average Bonchev–Trinajstić information content (AvgIpc) is 2.43. The van der Waals surface area contributed by atoms with Crippen molar-refractivity contribution >= 4 is 40.4 Å². The molecule has 0 amide bonds. The van der Waals surface area contributed by atoms with E-state index in [2.05, 4.69) is 50.1 Å². The highest BCUT2D eigenvalue weighted by atomic mass is 32.1. The highest BCUT2D eigenvalue weighted by Crippen LogP contribution is 2.26. The van der Waals surface area contributed by atoms with E-state index >= 15 is 0 Å². The molecule has 0 saturated carbocycles. The zero-order chi connectivity index (χ0) is 13.6. The lowest BCUT2D eigenvalue weighted by atomic mass is 10.0. The van der Waals surface area contributed by atoms with Crippen LogP contribution >= 0.6 is 24.4 Å². The van der Waals surface area contributed by atoms with Crippen LogP contribution in [-0.4, -0.2) is 16.0 Å². The Kier molecular flexibility index (Phi) is 4.50. The van der Waals surface area contributed by atoms with Crippen LogP contribution in [0.5, 0.6) is 0 Å². The first kappa shape index (κ1) is 13.5. The maximum Gasteiger partial charge on any atom is 0.191 e. The lowest BCUT2D eigenvalue weighted by molar-refractivity contribution is 0.570. The van der Waals surface area contributed by atoms with Crippen LogP contribution in [0.2, 0.25) is 0 Å². The first-order valence-corrected chi connectivity index (χ1v) is 6.49. The number of aliphatic imine (C=N–C) groups is 2. The van der Waals surface area contributed by atoms with Gasteiger partial charge in [0, 0.05) is 17.8 Å². The molecule has 94 valence electrons. The Hall–Kier alpha value is -1.90. The summed E-state index contributed by atoms with van der Waals surface area (Å²) in [6.45, 7) is 0. The van der Waals surface area contributed by atoms with Gasteiger partial charge in [0.1, 0.15) is 0 Å². The Bertz CT molecular complexity index is 589. The fourth-order valence-electron chi connectivity index (χ4n) is 1.75. The number of hydrogen-bond acceptors (Lipinski definition) is 5. The number of anilines is 1. The molecule has 0 fully saturated rings. The predicted octanol–water partition coefficient (Wildman–Crippen LogP) is 3.84. The fourth-order valence-corrected chi connectivity index (χ4v) is 2.07. The largest absolute Gasteiger partial charge is 0.356 e. The summed E-state index contributed by atoms with van der Waals surface area (Å²) in [7, 11) is 0. The Balaban J connectivity index is 2.14. The molecule has 0 heterocycles. The Morgan fingerprint density at radius 3 is 2.32 bits per heavy atom. The minimum absolute atomic E-state index is 0.575. The summed E-state index contributed by atoms with van der Waals surface area (Å²) < 4.78 is 0. The molecule has 0 unspecified atom stereocenters. The standard InChI is InChI=1S/C14H11N3S2/c18-10-15-14(16-11-19)8-6-13(7-9-14)17-12-4-2-1-3-5-12/h1-8,17H,9H2. The monoisotopic (exact) mass is 285 g/mol. The van der Waals surface area contributed by atoms with Gasteiger partial charge in [-0.3, -0.25) is 0 Å². The van der Waals surface area contributed by atoms with Crippen molar-refractivity contribution in [3.05, 3.63) is 54.3 Å². The van der Waals surface area contributed by atoms with E-state index in [0.29, 0.717) is 6.42 Å². The number of benzene rings is 1. The molecule has 0 aromatic heterocycles. The van der Waals surface area contributed by atoms with Gasteiger partial charge >= 0.3 is 0 Å². The van der Waals surface area contributed by atoms with Gasteiger partial charge in [0.15, 0.2) is 5.66 Å². The predicted molar refractivity (Wildman–Crippen MR) is 84.7 cm³/mol. The van der Waals surface area contributed by atoms with Crippen LogP contribution < -0.4 is 5.32 Å². The SMILES string of the molecule is S=C=NC1(N=C=S)C=CC(Nc2ccccc2)=CC1. The van der Waals surface area contributed by atoms with E-state index in [0.717, 1.165) is 11.4 Å². The number of isothiocyanates is 2. The van der Waals surface area contributed by atoms with Crippen molar-refractivity contribution in [3.8, 4) is 0 Å². The van der Waals surface area contributed by atoms with Crippen molar-refractivity contribution < 1.29 is 0 Å². The van der Waals surface area contributed by atoms with Gasteiger partial charge in [-0.2, -0.15) is 9.98 Å². The second-order valence-corrected chi connectivity index (χ2v) is 4.34. The maximum atomic E-state index is 4.64. The summed E-state index contributed by atoms with van der Waals surface area (Å²) in [6, 6.07) is 9.94. The highest BCUT2D eigenvalue weighted by Gasteiger charge is 2.26. The van der Waals surface area contributed by atoms with E-state index in [1.165, 1.54) is 0 Å². The number of thiocarbonyl (C=S) groups is 2. The van der Waals surface area contributed by atoms with Gasteiger partial charge in [-0.25, -0.2) is 0 Å². The molecule has 1 aliphatic carbocycles. The van der Waals surface area contributed by atoms with Crippen LogP contribution in [0.1, 0.15) is 6.42 Å². The average molecular weight is 285 g/mol. The van der Waals surface area contributed by atoms with Gasteiger partial charge in [-0.1, -0.05) is 24.3 Å². The molecule has 5 heteroatoms. The van der Waals surface area contributed by atoms with Gasteiger partial charge in [-0.15, -0.1) is 0 Å². The number of allylic oxidation sites excluding steroid dienone is 1. The van der Waals surface area contributed by atoms with E-state index in [4.69, 9.17) is 0 Å². The first-order chi connectivity index (χ1) is 9.28. The fraction of sp³-hybridized carbons (Fsp3) is 0.143. The third kappa shape index (κ3) is 3.53. The van der Waals surface area contributed by atoms with Crippen LogP contribution in [0.3, 0.4) is 0 Å². The van der Waals surface area contributed by atoms with Gasteiger partial charge < -0.3 is 5.32 Å². The number of nitrogens with zero attached hydrogens (tertiary/aromatic N) is 2. The molecular weight excluding hydrogens is 274 g/mol. The normalized spacial score (nSPS) is 20.7. The van der Waals surface area contributed by atoms with Crippen LogP contribution in [0.4, 0.5) is 5.69 Å². The number of hydrogen-bond donors (Lipinski definition) is 1. The Morgan fingerprint density at radius 2 is 1.79 bits per heavy atom. The van der Waals surface area contributed by atoms with Gasteiger partial charge in [0.05, 0.1) is 10.3 Å². The molecule has 0 spiro atoms. The van der Waals surface area contributed by atoms with Crippen LogP contribution in [0, 0.1) is 0 Å². The molecule has 2 rings (SSSR count). The third-order valence-corrected chi connectivity index (χ3v) is 2.88. The maximum absolute atomic E-state index is 4.64. The van der Waals surface area contributed by atoms with Crippen LogP contribution in [0.25, 0.3) is 0 Å². The summed E-state index contributed by atoms with van der Waals surface area (Å²) in [5.74, 6) is 0. The molecule has 0 radical (unpaired) electrons. The van der Waals surface area contributed by atoms with E-state index in [-0.39, 0.29) is 0 Å². The van der Waals surface area contributed by atoms with Crippen molar-refractivity contribution in [3.63, 3.8) is 0 Å². The minimum Gasteiger partial charge on any atom is -0.356 e. The first-order valence-electron chi connectivity index (χ1n) is 5.67. The van der Waals surface area contributed by atoms with Crippen molar-refractivity contribution in [2.24, 2.45) is 9.98 Å². The Labute approximate surface area is 122 Å². The minimum atomic E-state index is -0.772. The number of para-hydroxylation sites is 1. The topological polar surface area (TPSA) is 36.8 Å². The van der Waals surface area contributed by atoms with Crippen LogP contribution in [-0.2, 0) is 0 Å². The van der Waals surface area contributed by atoms with Gasteiger partial charge in [-0.05, 0) is 48.7 Å². The molecule has 1 aromatic rings. The molecule has 3 nitrogen and oxygen atoms in total. The van der Waals surface area contributed by atoms with Crippen LogP contribution in [0.15, 0.2) is 64.2 Å². The lowest BCUT2D eigenvalue weighted by Gasteiger charge is -2.21. The summed E-state index contributed by atoms with van der Waals surface area (Å²) in [4.78, 5) is 8.11. The zero-order valence-electron chi connectivity index (χ0n) is 10.0. The second kappa shape index (κ2) is 6.32. The summed E-state index contributed by atoms with van der Waals surface area (Å²) in [5.41, 5.74) is 1.24. The van der Waals surface area contributed by atoms with Crippen molar-refractivity contribution in [1.82, 2.24) is 0 Å². The molecule has 0 aliphatic heterocycles. The Morgan fingerprint density at radius 1 is 1.11 bits per heavy atom. The summed E-state index contributed by atoms with van der Waals surface area (Å²) in [6.07, 6.45) is 6.32. The molecular formula is C14H11N3S2. The molecule has 1 aromatic carbocycles. The molecule has 19 heavy (non-hydrogen) atoms. The smallest absolute Gasteiger partial charge is 0.191 e. The molecule has 1 aliphatic rings. The number of rotatable bonds is 4. The van der Waals surface area contributed by atoms with E-state index < -0.39 is 5.66 Å². The van der Waals surface area contributed by atoms with E-state index in [1.54, 1.807) is 0 Å². The van der Waals surface area contributed by atoms with Crippen molar-refractivity contribution in [2.75, 3.05) is 5.32 Å². The third-order valence-electron chi connectivity index (χ3n) is 2.69.